The molecule has 0 unspecified atom stereocenters. The molecule has 0 radical (unpaired) electrons. The van der Waals surface area contributed by atoms with Crippen LogP contribution < -0.4 is 5.32 Å². The summed E-state index contributed by atoms with van der Waals surface area (Å²) in [4.78, 5) is 13.8. The predicted octanol–water partition coefficient (Wildman–Crippen LogP) is 2.67. The maximum absolute atomic E-state index is 13.3. The zero-order valence-electron chi connectivity index (χ0n) is 14.4. The number of hydrogen-bond acceptors (Lipinski definition) is 3. The SMILES string of the molecule is Cc1ccc(NC(=O)N2CCN(S(=O)(=O)c3cccc(F)c3)CC2)cc1. The molecule has 0 spiro atoms. The Balaban J connectivity index is 1.61. The number of benzene rings is 2. The molecule has 1 fully saturated rings. The van der Waals surface area contributed by atoms with Crippen LogP contribution in [0, 0.1) is 12.7 Å². The van der Waals surface area contributed by atoms with Crippen LogP contribution in [-0.2, 0) is 10.0 Å². The van der Waals surface area contributed by atoms with Gasteiger partial charge in [-0.15, -0.1) is 0 Å². The summed E-state index contributed by atoms with van der Waals surface area (Å²) >= 11 is 0. The van der Waals surface area contributed by atoms with Crippen LogP contribution in [0.4, 0.5) is 14.9 Å². The van der Waals surface area contributed by atoms with Crippen LogP contribution in [0.5, 0.6) is 0 Å². The molecule has 1 aliphatic heterocycles. The average molecular weight is 377 g/mol. The molecule has 0 bridgehead atoms. The van der Waals surface area contributed by atoms with Crippen LogP contribution in [0.1, 0.15) is 5.56 Å². The number of nitrogens with one attached hydrogen (secondary N) is 1. The number of halogens is 1. The third-order valence-corrected chi connectivity index (χ3v) is 6.16. The zero-order valence-corrected chi connectivity index (χ0v) is 15.2. The highest BCUT2D eigenvalue weighted by Gasteiger charge is 2.30. The van der Waals surface area contributed by atoms with Gasteiger partial charge in [0, 0.05) is 31.9 Å². The summed E-state index contributed by atoms with van der Waals surface area (Å²) in [7, 11) is -3.76. The Bertz CT molecular complexity index is 892. The lowest BCUT2D eigenvalue weighted by atomic mass is 10.2. The van der Waals surface area contributed by atoms with Crippen molar-refractivity contribution in [3.63, 3.8) is 0 Å². The second kappa shape index (κ2) is 7.43. The van der Waals surface area contributed by atoms with E-state index in [2.05, 4.69) is 5.32 Å². The molecule has 2 amide bonds. The van der Waals surface area contributed by atoms with E-state index in [9.17, 15) is 17.6 Å². The second-order valence-electron chi connectivity index (χ2n) is 6.14. The summed E-state index contributed by atoms with van der Waals surface area (Å²) in [6, 6.07) is 12.1. The number of urea groups is 1. The Morgan fingerprint density at radius 1 is 1.04 bits per heavy atom. The first-order chi connectivity index (χ1) is 12.4. The van der Waals surface area contributed by atoms with Gasteiger partial charge in [0.25, 0.3) is 0 Å². The van der Waals surface area contributed by atoms with Crippen LogP contribution in [0.15, 0.2) is 53.4 Å². The third-order valence-electron chi connectivity index (χ3n) is 4.26. The molecule has 1 N–H and O–H groups in total. The van der Waals surface area contributed by atoms with Gasteiger partial charge in [-0.3, -0.25) is 0 Å². The largest absolute Gasteiger partial charge is 0.322 e. The number of aryl methyl sites for hydroxylation is 1. The lowest BCUT2D eigenvalue weighted by Gasteiger charge is -2.34. The van der Waals surface area contributed by atoms with Crippen molar-refractivity contribution in [3.05, 3.63) is 59.9 Å². The average Bonchev–Trinajstić information content (AvgIpc) is 2.64. The number of amides is 2. The Hall–Kier alpha value is -2.45. The van der Waals surface area contributed by atoms with E-state index in [-0.39, 0.29) is 37.1 Å². The minimum Gasteiger partial charge on any atom is -0.322 e. The standard InChI is InChI=1S/C18H20FN3O3S/c1-14-5-7-16(8-6-14)20-18(23)21-9-11-22(12-10-21)26(24,25)17-4-2-3-15(19)13-17/h2-8,13H,9-12H2,1H3,(H,20,23). The number of anilines is 1. The fourth-order valence-corrected chi connectivity index (χ4v) is 4.20. The van der Waals surface area contributed by atoms with Crippen LogP contribution >= 0.6 is 0 Å². The normalized spacial score (nSPS) is 15.7. The molecule has 26 heavy (non-hydrogen) atoms. The van der Waals surface area contributed by atoms with Gasteiger partial charge < -0.3 is 10.2 Å². The van der Waals surface area contributed by atoms with Gasteiger partial charge >= 0.3 is 6.03 Å². The number of carbonyl (C=O) groups excluding carboxylic acids is 1. The highest BCUT2D eigenvalue weighted by Crippen LogP contribution is 2.19. The maximum atomic E-state index is 13.3. The van der Waals surface area contributed by atoms with Gasteiger partial charge in [-0.1, -0.05) is 23.8 Å². The molecule has 0 saturated carbocycles. The van der Waals surface area contributed by atoms with Gasteiger partial charge in [-0.25, -0.2) is 17.6 Å². The minimum absolute atomic E-state index is 0.0740. The number of piperazine rings is 1. The summed E-state index contributed by atoms with van der Waals surface area (Å²) in [5, 5.41) is 2.80. The van der Waals surface area contributed by atoms with Crippen molar-refractivity contribution in [2.75, 3.05) is 31.5 Å². The van der Waals surface area contributed by atoms with Crippen molar-refractivity contribution in [1.82, 2.24) is 9.21 Å². The van der Waals surface area contributed by atoms with Crippen molar-refractivity contribution in [2.24, 2.45) is 0 Å². The first-order valence-electron chi connectivity index (χ1n) is 8.24. The summed E-state index contributed by atoms with van der Waals surface area (Å²) in [5.41, 5.74) is 1.79. The highest BCUT2D eigenvalue weighted by molar-refractivity contribution is 7.89. The van der Waals surface area contributed by atoms with E-state index in [0.717, 1.165) is 11.6 Å². The summed E-state index contributed by atoms with van der Waals surface area (Å²) < 4.78 is 39.8. The zero-order chi connectivity index (χ0) is 18.7. The van der Waals surface area contributed by atoms with E-state index in [1.54, 1.807) is 4.90 Å². The van der Waals surface area contributed by atoms with Gasteiger partial charge in [0.1, 0.15) is 5.82 Å². The molecule has 2 aromatic carbocycles. The Labute approximate surface area is 152 Å². The fourth-order valence-electron chi connectivity index (χ4n) is 2.75. The van der Waals surface area contributed by atoms with Gasteiger partial charge in [0.05, 0.1) is 4.90 Å². The van der Waals surface area contributed by atoms with Gasteiger partial charge in [0.2, 0.25) is 10.0 Å². The van der Waals surface area contributed by atoms with E-state index in [0.29, 0.717) is 5.69 Å². The van der Waals surface area contributed by atoms with Gasteiger partial charge in [0.15, 0.2) is 0 Å². The third kappa shape index (κ3) is 4.03. The van der Waals surface area contributed by atoms with E-state index in [1.807, 2.05) is 31.2 Å². The number of sulfonamides is 1. The topological polar surface area (TPSA) is 69.7 Å². The number of rotatable bonds is 3. The highest BCUT2D eigenvalue weighted by atomic mass is 32.2. The summed E-state index contributed by atoms with van der Waals surface area (Å²) in [6.07, 6.45) is 0. The van der Waals surface area contributed by atoms with E-state index >= 15 is 0 Å². The lowest BCUT2D eigenvalue weighted by Crippen LogP contribution is -2.51. The van der Waals surface area contributed by atoms with Crippen LogP contribution in [0.25, 0.3) is 0 Å². The van der Waals surface area contributed by atoms with Crippen molar-refractivity contribution in [2.45, 2.75) is 11.8 Å². The molecule has 1 heterocycles. The first kappa shape index (κ1) is 18.3. The van der Waals surface area contributed by atoms with E-state index in [4.69, 9.17) is 0 Å². The van der Waals surface area contributed by atoms with E-state index < -0.39 is 15.8 Å². The predicted molar refractivity (Wildman–Crippen MR) is 96.9 cm³/mol. The van der Waals surface area contributed by atoms with Gasteiger partial charge in [-0.05, 0) is 37.3 Å². The van der Waals surface area contributed by atoms with Crippen molar-refractivity contribution < 1.29 is 17.6 Å². The quantitative estimate of drug-likeness (QED) is 0.894. The molecule has 1 saturated heterocycles. The number of nitrogens with zero attached hydrogens (tertiary/aromatic N) is 2. The van der Waals surface area contributed by atoms with Crippen LogP contribution in [-0.4, -0.2) is 49.8 Å². The van der Waals surface area contributed by atoms with Crippen molar-refractivity contribution >= 4 is 21.7 Å². The molecule has 8 heteroatoms. The summed E-state index contributed by atoms with van der Waals surface area (Å²) in [6.45, 7) is 2.84. The number of hydrogen-bond donors (Lipinski definition) is 1. The molecular formula is C18H20FN3O3S. The fraction of sp³-hybridized carbons (Fsp3) is 0.278. The summed E-state index contributed by atoms with van der Waals surface area (Å²) in [5.74, 6) is -0.595. The lowest BCUT2D eigenvalue weighted by molar-refractivity contribution is 0.184. The van der Waals surface area contributed by atoms with Crippen LogP contribution in [0.3, 0.4) is 0 Å². The Morgan fingerprint density at radius 3 is 2.31 bits per heavy atom. The van der Waals surface area contributed by atoms with Gasteiger partial charge in [-0.2, -0.15) is 4.31 Å². The second-order valence-corrected chi connectivity index (χ2v) is 8.08. The number of carbonyl (C=O) groups is 1. The molecule has 1 aliphatic rings. The van der Waals surface area contributed by atoms with E-state index in [1.165, 1.54) is 22.5 Å². The van der Waals surface area contributed by atoms with Crippen molar-refractivity contribution in [1.29, 1.82) is 0 Å². The molecule has 0 atom stereocenters. The Kier molecular flexibility index (Phi) is 5.24. The maximum Gasteiger partial charge on any atom is 0.321 e. The molecule has 0 aromatic heterocycles. The molecule has 138 valence electrons. The Morgan fingerprint density at radius 2 is 1.69 bits per heavy atom. The molecule has 2 aromatic rings. The molecular weight excluding hydrogens is 357 g/mol. The molecule has 0 aliphatic carbocycles. The minimum atomic E-state index is -3.76. The van der Waals surface area contributed by atoms with Crippen molar-refractivity contribution in [3.8, 4) is 0 Å². The molecule has 6 nitrogen and oxygen atoms in total. The molecule has 3 rings (SSSR count). The van der Waals surface area contributed by atoms with Crippen LogP contribution in [0.2, 0.25) is 0 Å². The first-order valence-corrected chi connectivity index (χ1v) is 9.68. The smallest absolute Gasteiger partial charge is 0.321 e. The monoisotopic (exact) mass is 377 g/mol.